The molecule has 0 aliphatic rings. The molecule has 5 nitrogen and oxygen atoms in total. The summed E-state index contributed by atoms with van der Waals surface area (Å²) in [6.07, 6.45) is 1.71. The second kappa shape index (κ2) is 9.22. The van der Waals surface area contributed by atoms with Gasteiger partial charge in [0.25, 0.3) is 5.91 Å². The summed E-state index contributed by atoms with van der Waals surface area (Å²) in [6, 6.07) is 17.6. The minimum absolute atomic E-state index is 0.0822. The summed E-state index contributed by atoms with van der Waals surface area (Å²) in [5.74, 6) is 0.649. The fourth-order valence-electron chi connectivity index (χ4n) is 3.06. The lowest BCUT2D eigenvalue weighted by atomic mass is 10.1. The van der Waals surface area contributed by atoms with Crippen LogP contribution in [-0.4, -0.2) is 28.8 Å². The number of nitrogens with zero attached hydrogens (tertiary/aromatic N) is 2. The van der Waals surface area contributed by atoms with Crippen molar-refractivity contribution in [2.75, 3.05) is 13.2 Å². The van der Waals surface area contributed by atoms with Gasteiger partial charge in [-0.1, -0.05) is 25.1 Å². The number of benzene rings is 2. The van der Waals surface area contributed by atoms with Crippen molar-refractivity contribution >= 4 is 5.91 Å². The Morgan fingerprint density at radius 2 is 1.89 bits per heavy atom. The van der Waals surface area contributed by atoms with E-state index in [-0.39, 0.29) is 5.91 Å². The summed E-state index contributed by atoms with van der Waals surface area (Å²) < 4.78 is 7.53. The third-order valence-electron chi connectivity index (χ3n) is 4.46. The average Bonchev–Trinajstić information content (AvgIpc) is 3.05. The van der Waals surface area contributed by atoms with Gasteiger partial charge in [-0.3, -0.25) is 4.79 Å². The van der Waals surface area contributed by atoms with Gasteiger partial charge in [-0.25, -0.2) is 4.68 Å². The Bertz CT molecular complexity index is 929. The molecule has 0 unspecified atom stereocenters. The second-order valence-corrected chi connectivity index (χ2v) is 6.89. The van der Waals surface area contributed by atoms with Gasteiger partial charge in [0, 0.05) is 17.8 Å². The lowest BCUT2D eigenvalue weighted by Gasteiger charge is -2.09. The number of amides is 1. The number of aromatic nitrogens is 2. The van der Waals surface area contributed by atoms with Crippen LogP contribution in [0.15, 0.2) is 54.6 Å². The van der Waals surface area contributed by atoms with Crippen LogP contribution >= 0.6 is 0 Å². The Morgan fingerprint density at radius 3 is 2.57 bits per heavy atom. The van der Waals surface area contributed by atoms with Gasteiger partial charge < -0.3 is 10.1 Å². The van der Waals surface area contributed by atoms with Crippen LogP contribution in [0.25, 0.3) is 5.69 Å². The monoisotopic (exact) mass is 377 g/mol. The third kappa shape index (κ3) is 5.00. The maximum Gasteiger partial charge on any atom is 0.251 e. The fraction of sp³-hybridized carbons (Fsp3) is 0.304. The van der Waals surface area contributed by atoms with Crippen LogP contribution in [0, 0.1) is 13.8 Å². The van der Waals surface area contributed by atoms with Crippen molar-refractivity contribution in [2.45, 2.75) is 33.6 Å². The van der Waals surface area contributed by atoms with E-state index in [1.54, 1.807) is 12.1 Å². The van der Waals surface area contributed by atoms with E-state index in [1.165, 1.54) is 5.56 Å². The van der Waals surface area contributed by atoms with Crippen molar-refractivity contribution in [1.82, 2.24) is 15.1 Å². The van der Waals surface area contributed by atoms with E-state index in [2.05, 4.69) is 47.7 Å². The van der Waals surface area contributed by atoms with E-state index in [9.17, 15) is 4.79 Å². The second-order valence-electron chi connectivity index (χ2n) is 6.89. The number of hydrogen-bond donors (Lipinski definition) is 1. The molecule has 3 rings (SSSR count). The number of nitrogens with one attached hydrogen (secondary N) is 1. The van der Waals surface area contributed by atoms with Crippen molar-refractivity contribution in [3.63, 3.8) is 0 Å². The van der Waals surface area contributed by atoms with Crippen molar-refractivity contribution in [3.8, 4) is 11.4 Å². The van der Waals surface area contributed by atoms with Crippen molar-refractivity contribution in [3.05, 3.63) is 77.1 Å². The first-order valence-electron chi connectivity index (χ1n) is 9.70. The zero-order valence-corrected chi connectivity index (χ0v) is 16.7. The van der Waals surface area contributed by atoms with E-state index in [1.807, 2.05) is 30.7 Å². The summed E-state index contributed by atoms with van der Waals surface area (Å²) in [5, 5.41) is 7.48. The maximum absolute atomic E-state index is 12.4. The molecule has 0 saturated heterocycles. The highest BCUT2D eigenvalue weighted by Crippen LogP contribution is 2.15. The molecule has 0 aliphatic carbocycles. The number of rotatable bonds is 8. The zero-order valence-electron chi connectivity index (χ0n) is 16.7. The number of ether oxygens (including phenoxy) is 1. The molecule has 1 aromatic heterocycles. The molecule has 1 amide bonds. The topological polar surface area (TPSA) is 56.1 Å². The van der Waals surface area contributed by atoms with Crippen molar-refractivity contribution < 1.29 is 9.53 Å². The minimum atomic E-state index is -0.0822. The maximum atomic E-state index is 12.4. The molecule has 0 radical (unpaired) electrons. The first kappa shape index (κ1) is 19.7. The zero-order chi connectivity index (χ0) is 19.9. The van der Waals surface area contributed by atoms with E-state index in [0.717, 1.165) is 35.7 Å². The Labute approximate surface area is 166 Å². The summed E-state index contributed by atoms with van der Waals surface area (Å²) in [6.45, 7) is 7.33. The average molecular weight is 377 g/mol. The Kier molecular flexibility index (Phi) is 6.48. The molecular formula is C23H27N3O2. The SMILES string of the molecule is CCCOc1cccc(C(=O)NCCc2ccc(-n3nc(C)cc3C)cc2)c1. The molecule has 0 fully saturated rings. The van der Waals surface area contributed by atoms with Crippen LogP contribution in [0.5, 0.6) is 5.75 Å². The molecule has 28 heavy (non-hydrogen) atoms. The highest BCUT2D eigenvalue weighted by Gasteiger charge is 2.07. The van der Waals surface area contributed by atoms with Crippen LogP contribution in [0.3, 0.4) is 0 Å². The summed E-state index contributed by atoms with van der Waals surface area (Å²) >= 11 is 0. The Balaban J connectivity index is 1.53. The smallest absolute Gasteiger partial charge is 0.251 e. The quantitative estimate of drug-likeness (QED) is 0.638. The van der Waals surface area contributed by atoms with E-state index in [0.29, 0.717) is 18.7 Å². The highest BCUT2D eigenvalue weighted by atomic mass is 16.5. The van der Waals surface area contributed by atoms with Crippen LogP contribution in [0.2, 0.25) is 0 Å². The van der Waals surface area contributed by atoms with E-state index in [4.69, 9.17) is 4.74 Å². The van der Waals surface area contributed by atoms with Gasteiger partial charge in [0.1, 0.15) is 5.75 Å². The number of carbonyl (C=O) groups is 1. The molecule has 0 atom stereocenters. The lowest BCUT2D eigenvalue weighted by Crippen LogP contribution is -2.25. The molecule has 1 N–H and O–H groups in total. The van der Waals surface area contributed by atoms with Gasteiger partial charge in [-0.15, -0.1) is 0 Å². The normalized spacial score (nSPS) is 10.7. The first-order valence-corrected chi connectivity index (χ1v) is 9.70. The molecule has 0 saturated carbocycles. The van der Waals surface area contributed by atoms with Gasteiger partial charge in [-0.05, 0) is 68.7 Å². The van der Waals surface area contributed by atoms with Gasteiger partial charge in [0.15, 0.2) is 0 Å². The largest absolute Gasteiger partial charge is 0.494 e. The Hall–Kier alpha value is -3.08. The molecule has 3 aromatic rings. The molecule has 5 heteroatoms. The third-order valence-corrected chi connectivity index (χ3v) is 4.46. The number of hydrogen-bond acceptors (Lipinski definition) is 3. The molecule has 146 valence electrons. The molecule has 1 heterocycles. The first-order chi connectivity index (χ1) is 13.6. The van der Waals surface area contributed by atoms with E-state index >= 15 is 0 Å². The van der Waals surface area contributed by atoms with Crippen molar-refractivity contribution in [2.24, 2.45) is 0 Å². The summed E-state index contributed by atoms with van der Waals surface area (Å²) in [4.78, 5) is 12.4. The van der Waals surface area contributed by atoms with Crippen molar-refractivity contribution in [1.29, 1.82) is 0 Å². The number of carbonyl (C=O) groups excluding carboxylic acids is 1. The number of aryl methyl sites for hydroxylation is 2. The van der Waals surface area contributed by atoms with Crippen LogP contribution in [0.1, 0.15) is 40.7 Å². The predicted octanol–water partition coefficient (Wildman–Crippen LogP) is 4.25. The van der Waals surface area contributed by atoms with Gasteiger partial charge >= 0.3 is 0 Å². The van der Waals surface area contributed by atoms with Gasteiger partial charge in [0.2, 0.25) is 0 Å². The fourth-order valence-corrected chi connectivity index (χ4v) is 3.06. The van der Waals surface area contributed by atoms with Gasteiger partial charge in [-0.2, -0.15) is 5.10 Å². The van der Waals surface area contributed by atoms with Gasteiger partial charge in [0.05, 0.1) is 18.0 Å². The lowest BCUT2D eigenvalue weighted by molar-refractivity contribution is 0.0953. The molecule has 0 spiro atoms. The minimum Gasteiger partial charge on any atom is -0.494 e. The van der Waals surface area contributed by atoms with Crippen LogP contribution < -0.4 is 10.1 Å². The summed E-state index contributed by atoms with van der Waals surface area (Å²) in [7, 11) is 0. The molecule has 0 bridgehead atoms. The summed E-state index contributed by atoms with van der Waals surface area (Å²) in [5.41, 5.74) is 4.96. The predicted molar refractivity (Wildman–Crippen MR) is 111 cm³/mol. The standard InChI is InChI=1S/C23H27N3O2/c1-4-14-28-22-7-5-6-20(16-22)23(27)24-13-12-19-8-10-21(11-9-19)26-18(3)15-17(2)25-26/h5-11,15-16H,4,12-14H2,1-3H3,(H,24,27). The van der Waals surface area contributed by atoms with Crippen LogP contribution in [0.4, 0.5) is 0 Å². The Morgan fingerprint density at radius 1 is 1.11 bits per heavy atom. The highest BCUT2D eigenvalue weighted by molar-refractivity contribution is 5.94. The molecule has 0 aliphatic heterocycles. The van der Waals surface area contributed by atoms with Crippen LogP contribution in [-0.2, 0) is 6.42 Å². The molecule has 2 aromatic carbocycles. The molecular weight excluding hydrogens is 350 g/mol. The van der Waals surface area contributed by atoms with E-state index < -0.39 is 0 Å².